The number of nitrogens with zero attached hydrogens (tertiary/aromatic N) is 1. The number of anilines is 1. The summed E-state index contributed by atoms with van der Waals surface area (Å²) in [6, 6.07) is 3.35. The molecule has 1 amide bonds. The molecule has 104 valence electrons. The fourth-order valence-electron chi connectivity index (χ4n) is 2.67. The van der Waals surface area contributed by atoms with E-state index in [0.29, 0.717) is 23.2 Å². The van der Waals surface area contributed by atoms with Crippen LogP contribution in [-0.2, 0) is 0 Å². The van der Waals surface area contributed by atoms with Gasteiger partial charge in [-0.15, -0.1) is 0 Å². The number of carbonyl (C=O) groups is 1. The quantitative estimate of drug-likeness (QED) is 0.572. The van der Waals surface area contributed by atoms with Crippen LogP contribution in [0, 0.1) is 11.8 Å². The van der Waals surface area contributed by atoms with E-state index in [1.807, 2.05) is 0 Å². The lowest BCUT2D eigenvalue weighted by atomic mass is 9.80. The van der Waals surface area contributed by atoms with Crippen LogP contribution in [0.25, 0.3) is 0 Å². The first-order valence-electron chi connectivity index (χ1n) is 6.91. The van der Waals surface area contributed by atoms with E-state index < -0.39 is 0 Å². The SMILES string of the molecule is CC1CCCCC1CNC(=O)c1ccnc(NN)c1. The molecule has 0 aromatic carbocycles. The first kappa shape index (κ1) is 13.8. The van der Waals surface area contributed by atoms with Crippen molar-refractivity contribution in [3.05, 3.63) is 23.9 Å². The van der Waals surface area contributed by atoms with E-state index >= 15 is 0 Å². The number of aromatic nitrogens is 1. The highest BCUT2D eigenvalue weighted by atomic mass is 16.1. The number of nitrogens with one attached hydrogen (secondary N) is 2. The first-order chi connectivity index (χ1) is 9.20. The van der Waals surface area contributed by atoms with Crippen LogP contribution in [0.5, 0.6) is 0 Å². The molecule has 5 nitrogen and oxygen atoms in total. The summed E-state index contributed by atoms with van der Waals surface area (Å²) >= 11 is 0. The number of hydrogen-bond donors (Lipinski definition) is 3. The highest BCUT2D eigenvalue weighted by Crippen LogP contribution is 2.28. The van der Waals surface area contributed by atoms with Gasteiger partial charge in [-0.1, -0.05) is 26.2 Å². The lowest BCUT2D eigenvalue weighted by Crippen LogP contribution is -2.33. The molecule has 1 fully saturated rings. The maximum absolute atomic E-state index is 12.1. The van der Waals surface area contributed by atoms with Crippen LogP contribution >= 0.6 is 0 Å². The van der Waals surface area contributed by atoms with Gasteiger partial charge in [-0.05, 0) is 30.4 Å². The predicted octanol–water partition coefficient (Wildman–Crippen LogP) is 1.92. The van der Waals surface area contributed by atoms with Gasteiger partial charge in [-0.25, -0.2) is 10.8 Å². The maximum Gasteiger partial charge on any atom is 0.251 e. The Bertz CT molecular complexity index is 435. The van der Waals surface area contributed by atoms with E-state index in [1.54, 1.807) is 18.3 Å². The van der Waals surface area contributed by atoms with Crippen molar-refractivity contribution in [2.45, 2.75) is 32.6 Å². The Labute approximate surface area is 114 Å². The Morgan fingerprint density at radius 1 is 1.47 bits per heavy atom. The highest BCUT2D eigenvalue weighted by Gasteiger charge is 2.21. The summed E-state index contributed by atoms with van der Waals surface area (Å²) in [7, 11) is 0. The molecule has 1 aliphatic carbocycles. The van der Waals surface area contributed by atoms with E-state index in [1.165, 1.54) is 25.7 Å². The maximum atomic E-state index is 12.1. The van der Waals surface area contributed by atoms with Gasteiger partial charge >= 0.3 is 0 Å². The number of pyridine rings is 1. The van der Waals surface area contributed by atoms with E-state index in [0.717, 1.165) is 6.54 Å². The summed E-state index contributed by atoms with van der Waals surface area (Å²) in [5.41, 5.74) is 3.03. The van der Waals surface area contributed by atoms with Crippen molar-refractivity contribution in [1.82, 2.24) is 10.3 Å². The molecular weight excluding hydrogens is 240 g/mol. The zero-order valence-corrected chi connectivity index (χ0v) is 11.4. The minimum Gasteiger partial charge on any atom is -0.352 e. The molecule has 0 spiro atoms. The Morgan fingerprint density at radius 2 is 2.26 bits per heavy atom. The van der Waals surface area contributed by atoms with E-state index in [9.17, 15) is 4.79 Å². The van der Waals surface area contributed by atoms with Crippen molar-refractivity contribution in [2.75, 3.05) is 12.0 Å². The average Bonchev–Trinajstić information content (AvgIpc) is 2.46. The van der Waals surface area contributed by atoms with Crippen molar-refractivity contribution in [3.63, 3.8) is 0 Å². The van der Waals surface area contributed by atoms with Gasteiger partial charge in [0.05, 0.1) is 0 Å². The summed E-state index contributed by atoms with van der Waals surface area (Å²) < 4.78 is 0. The molecule has 1 saturated carbocycles. The van der Waals surface area contributed by atoms with Crippen LogP contribution in [0.15, 0.2) is 18.3 Å². The van der Waals surface area contributed by atoms with Gasteiger partial charge in [0, 0.05) is 18.3 Å². The summed E-state index contributed by atoms with van der Waals surface area (Å²) in [4.78, 5) is 16.0. The number of hydrazine groups is 1. The second kappa shape index (κ2) is 6.52. The molecule has 1 aromatic rings. The number of amides is 1. The van der Waals surface area contributed by atoms with Gasteiger partial charge in [0.1, 0.15) is 5.82 Å². The molecule has 0 radical (unpaired) electrons. The Balaban J connectivity index is 1.89. The third kappa shape index (κ3) is 3.67. The summed E-state index contributed by atoms with van der Waals surface area (Å²) in [6.45, 7) is 3.03. The van der Waals surface area contributed by atoms with Gasteiger partial charge in [-0.3, -0.25) is 4.79 Å². The summed E-state index contributed by atoms with van der Waals surface area (Å²) in [6.07, 6.45) is 6.67. The van der Waals surface area contributed by atoms with Crippen molar-refractivity contribution in [3.8, 4) is 0 Å². The topological polar surface area (TPSA) is 80.0 Å². The van der Waals surface area contributed by atoms with Crippen LogP contribution in [0.1, 0.15) is 43.0 Å². The minimum absolute atomic E-state index is 0.0586. The fourth-order valence-corrected chi connectivity index (χ4v) is 2.67. The lowest BCUT2D eigenvalue weighted by molar-refractivity contribution is 0.0936. The van der Waals surface area contributed by atoms with E-state index in [2.05, 4.69) is 22.7 Å². The molecule has 1 aromatic heterocycles. The molecule has 1 aliphatic rings. The first-order valence-corrected chi connectivity index (χ1v) is 6.91. The molecular formula is C14H22N4O. The normalized spacial score (nSPS) is 22.8. The third-order valence-corrected chi connectivity index (χ3v) is 3.98. The molecule has 1 heterocycles. The molecule has 2 rings (SSSR count). The molecule has 2 atom stereocenters. The zero-order valence-electron chi connectivity index (χ0n) is 11.4. The summed E-state index contributed by atoms with van der Waals surface area (Å²) in [5, 5.41) is 3.02. The number of nitrogens with two attached hydrogens (primary N) is 1. The van der Waals surface area contributed by atoms with Crippen LogP contribution in [0.3, 0.4) is 0 Å². The molecule has 0 aliphatic heterocycles. The Morgan fingerprint density at radius 3 is 3.00 bits per heavy atom. The number of nitrogen functional groups attached to an aromatic ring is 1. The van der Waals surface area contributed by atoms with Gasteiger partial charge in [-0.2, -0.15) is 0 Å². The largest absolute Gasteiger partial charge is 0.352 e. The molecule has 0 saturated heterocycles. The van der Waals surface area contributed by atoms with Crippen molar-refractivity contribution in [1.29, 1.82) is 0 Å². The summed E-state index contributed by atoms with van der Waals surface area (Å²) in [5.74, 6) is 7.03. The van der Waals surface area contributed by atoms with E-state index in [-0.39, 0.29) is 5.91 Å². The number of hydrogen-bond acceptors (Lipinski definition) is 4. The molecule has 4 N–H and O–H groups in total. The number of carbonyl (C=O) groups excluding carboxylic acids is 1. The van der Waals surface area contributed by atoms with Crippen LogP contribution in [0.2, 0.25) is 0 Å². The van der Waals surface area contributed by atoms with Crippen LogP contribution in [-0.4, -0.2) is 17.4 Å². The zero-order chi connectivity index (χ0) is 13.7. The van der Waals surface area contributed by atoms with E-state index in [4.69, 9.17) is 5.84 Å². The second-order valence-electron chi connectivity index (χ2n) is 5.31. The standard InChI is InChI=1S/C14H22N4O/c1-10-4-2-3-5-12(10)9-17-14(19)11-6-7-16-13(8-11)18-15/h6-8,10,12H,2-5,9,15H2,1H3,(H,16,18)(H,17,19). The van der Waals surface area contributed by atoms with Crippen molar-refractivity contribution in [2.24, 2.45) is 17.7 Å². The third-order valence-electron chi connectivity index (χ3n) is 3.98. The molecule has 2 unspecified atom stereocenters. The Kier molecular flexibility index (Phi) is 4.74. The van der Waals surface area contributed by atoms with Crippen LogP contribution in [0.4, 0.5) is 5.82 Å². The van der Waals surface area contributed by atoms with Crippen LogP contribution < -0.4 is 16.6 Å². The smallest absolute Gasteiger partial charge is 0.251 e. The van der Waals surface area contributed by atoms with Gasteiger partial charge in [0.25, 0.3) is 5.91 Å². The predicted molar refractivity (Wildman–Crippen MR) is 75.5 cm³/mol. The highest BCUT2D eigenvalue weighted by molar-refractivity contribution is 5.94. The molecule has 0 bridgehead atoms. The molecule has 5 heteroatoms. The molecule has 19 heavy (non-hydrogen) atoms. The second-order valence-corrected chi connectivity index (χ2v) is 5.31. The average molecular weight is 262 g/mol. The fraction of sp³-hybridized carbons (Fsp3) is 0.571. The van der Waals surface area contributed by atoms with Crippen molar-refractivity contribution < 1.29 is 4.79 Å². The lowest BCUT2D eigenvalue weighted by Gasteiger charge is -2.28. The monoisotopic (exact) mass is 262 g/mol. The Hall–Kier alpha value is -1.62. The van der Waals surface area contributed by atoms with Gasteiger partial charge in [0.2, 0.25) is 0 Å². The number of rotatable bonds is 4. The minimum atomic E-state index is -0.0586. The van der Waals surface area contributed by atoms with Gasteiger partial charge in [0.15, 0.2) is 0 Å². The van der Waals surface area contributed by atoms with Crippen molar-refractivity contribution >= 4 is 11.7 Å². The van der Waals surface area contributed by atoms with Gasteiger partial charge < -0.3 is 10.7 Å².